The second kappa shape index (κ2) is 8.55. The van der Waals surface area contributed by atoms with Crippen molar-refractivity contribution < 1.29 is 12.8 Å². The molecule has 0 fully saturated rings. The van der Waals surface area contributed by atoms with Gasteiger partial charge in [-0.1, -0.05) is 23.7 Å². The third-order valence-corrected chi connectivity index (χ3v) is 5.71. The zero-order valence-corrected chi connectivity index (χ0v) is 17.0. The van der Waals surface area contributed by atoms with Crippen LogP contribution in [0.2, 0.25) is 5.02 Å². The van der Waals surface area contributed by atoms with E-state index in [1.54, 1.807) is 42.5 Å². The van der Waals surface area contributed by atoms with Gasteiger partial charge < -0.3 is 0 Å². The van der Waals surface area contributed by atoms with Gasteiger partial charge in [0.1, 0.15) is 5.82 Å². The Bertz CT molecular complexity index is 1180. The van der Waals surface area contributed by atoms with E-state index in [9.17, 15) is 12.8 Å². The Morgan fingerprint density at radius 1 is 1.00 bits per heavy atom. The van der Waals surface area contributed by atoms with E-state index in [1.165, 1.54) is 12.1 Å². The van der Waals surface area contributed by atoms with E-state index < -0.39 is 15.8 Å². The highest BCUT2D eigenvalue weighted by Crippen LogP contribution is 2.31. The van der Waals surface area contributed by atoms with Gasteiger partial charge in [0.15, 0.2) is 0 Å². The monoisotopic (exact) mass is 429 g/mol. The van der Waals surface area contributed by atoms with Gasteiger partial charge in [0.25, 0.3) is 10.0 Å². The van der Waals surface area contributed by atoms with Crippen LogP contribution in [0.3, 0.4) is 0 Å². The molecule has 0 aromatic heterocycles. The molecular formula is C21H17ClFN3O2S. The Kier molecular flexibility index (Phi) is 6.10. The number of sulfonamides is 1. The van der Waals surface area contributed by atoms with Gasteiger partial charge in [0.2, 0.25) is 0 Å². The van der Waals surface area contributed by atoms with E-state index in [-0.39, 0.29) is 4.90 Å². The van der Waals surface area contributed by atoms with Crippen LogP contribution >= 0.6 is 11.6 Å². The van der Waals surface area contributed by atoms with Gasteiger partial charge in [-0.3, -0.25) is 14.7 Å². The van der Waals surface area contributed by atoms with Crippen LogP contribution in [0.15, 0.2) is 81.6 Å². The fourth-order valence-electron chi connectivity index (χ4n) is 2.57. The summed E-state index contributed by atoms with van der Waals surface area (Å²) in [6.07, 6.45) is 0. The zero-order valence-electron chi connectivity index (χ0n) is 15.4. The molecule has 0 saturated carbocycles. The number of nitrogens with one attached hydrogen (secondary N) is 1. The maximum absolute atomic E-state index is 13.0. The van der Waals surface area contributed by atoms with Crippen molar-refractivity contribution in [2.45, 2.75) is 11.8 Å². The van der Waals surface area contributed by atoms with Crippen LogP contribution in [0.1, 0.15) is 12.5 Å². The van der Waals surface area contributed by atoms with E-state index in [2.05, 4.69) is 21.4 Å². The molecule has 3 aromatic rings. The van der Waals surface area contributed by atoms with Crippen molar-refractivity contribution >= 4 is 51.1 Å². The molecule has 0 aliphatic heterocycles. The Balaban J connectivity index is 1.81. The second-order valence-corrected chi connectivity index (χ2v) is 8.24. The summed E-state index contributed by atoms with van der Waals surface area (Å²) in [5.41, 5.74) is 3.10. The molecular weight excluding hydrogens is 413 g/mol. The number of rotatable bonds is 6. The second-order valence-electron chi connectivity index (χ2n) is 6.13. The molecule has 3 aromatic carbocycles. The van der Waals surface area contributed by atoms with Gasteiger partial charge in [-0.25, -0.2) is 12.8 Å². The van der Waals surface area contributed by atoms with Crippen molar-refractivity contribution in [3.63, 3.8) is 0 Å². The SMILES string of the molecule is C=Nc1cc(Cl)ccc1/N=C(\C)c1ccc(NS(=O)(=O)c2ccc(F)cc2)cc1. The number of hydrogen-bond acceptors (Lipinski definition) is 4. The van der Waals surface area contributed by atoms with Gasteiger partial charge in [0.05, 0.1) is 16.3 Å². The molecule has 0 aliphatic carbocycles. The van der Waals surface area contributed by atoms with E-state index in [4.69, 9.17) is 11.6 Å². The number of halogens is 2. The van der Waals surface area contributed by atoms with Crippen molar-refractivity contribution in [2.24, 2.45) is 9.98 Å². The first-order valence-electron chi connectivity index (χ1n) is 8.49. The van der Waals surface area contributed by atoms with E-state index >= 15 is 0 Å². The average Bonchev–Trinajstić information content (AvgIpc) is 2.69. The first-order chi connectivity index (χ1) is 13.8. The first-order valence-corrected chi connectivity index (χ1v) is 10.3. The molecule has 148 valence electrons. The molecule has 0 unspecified atom stereocenters. The minimum Gasteiger partial charge on any atom is -0.280 e. The summed E-state index contributed by atoms with van der Waals surface area (Å²) in [4.78, 5) is 8.46. The minimum atomic E-state index is -3.80. The summed E-state index contributed by atoms with van der Waals surface area (Å²) in [6, 6.07) is 16.5. The minimum absolute atomic E-state index is 0.0205. The highest BCUT2D eigenvalue weighted by molar-refractivity contribution is 7.92. The molecule has 5 nitrogen and oxygen atoms in total. The van der Waals surface area contributed by atoms with Crippen LogP contribution < -0.4 is 4.72 Å². The first kappa shape index (κ1) is 20.7. The van der Waals surface area contributed by atoms with E-state index in [1.807, 2.05) is 6.92 Å². The molecule has 29 heavy (non-hydrogen) atoms. The van der Waals surface area contributed by atoms with Gasteiger partial charge in [-0.05, 0) is 73.8 Å². The van der Waals surface area contributed by atoms with Crippen molar-refractivity contribution in [3.05, 3.63) is 83.1 Å². The summed E-state index contributed by atoms with van der Waals surface area (Å²) in [7, 11) is -3.80. The largest absolute Gasteiger partial charge is 0.280 e. The summed E-state index contributed by atoms with van der Waals surface area (Å²) in [5, 5.41) is 0.543. The predicted molar refractivity (Wildman–Crippen MR) is 116 cm³/mol. The topological polar surface area (TPSA) is 70.9 Å². The number of anilines is 1. The smallest absolute Gasteiger partial charge is 0.261 e. The van der Waals surface area contributed by atoms with E-state index in [0.29, 0.717) is 27.8 Å². The normalized spacial score (nSPS) is 11.9. The lowest BCUT2D eigenvalue weighted by Crippen LogP contribution is -2.13. The lowest BCUT2D eigenvalue weighted by Gasteiger charge is -2.09. The van der Waals surface area contributed by atoms with Crippen molar-refractivity contribution in [1.29, 1.82) is 0 Å². The Morgan fingerprint density at radius 3 is 2.28 bits per heavy atom. The van der Waals surface area contributed by atoms with Crippen LogP contribution in [-0.4, -0.2) is 20.8 Å². The zero-order chi connectivity index (χ0) is 21.0. The molecule has 8 heteroatoms. The van der Waals surface area contributed by atoms with Gasteiger partial charge in [-0.15, -0.1) is 0 Å². The summed E-state index contributed by atoms with van der Waals surface area (Å²) in [6.45, 7) is 5.36. The summed E-state index contributed by atoms with van der Waals surface area (Å²) in [5.74, 6) is -0.501. The molecule has 0 radical (unpaired) electrons. The maximum Gasteiger partial charge on any atom is 0.261 e. The number of aliphatic imine (C=N–C) groups is 2. The Labute approximate surface area is 173 Å². The standard InChI is InChI=1S/C21H17ClFN3O2S/c1-14(25-20-12-5-16(22)13-21(20)24-2)15-3-8-18(9-4-15)26-29(27,28)19-10-6-17(23)7-11-19/h3-13,26H,2H2,1H3/b25-14+. The molecule has 0 atom stereocenters. The fourth-order valence-corrected chi connectivity index (χ4v) is 3.80. The summed E-state index contributed by atoms with van der Waals surface area (Å²) < 4.78 is 40.2. The fraction of sp³-hybridized carbons (Fsp3) is 0.0476. The van der Waals surface area contributed by atoms with Gasteiger partial charge >= 0.3 is 0 Å². The number of hydrogen-bond donors (Lipinski definition) is 1. The third kappa shape index (κ3) is 5.07. The lowest BCUT2D eigenvalue weighted by atomic mass is 10.1. The van der Waals surface area contributed by atoms with Gasteiger partial charge in [-0.2, -0.15) is 0 Å². The van der Waals surface area contributed by atoms with Crippen molar-refractivity contribution in [2.75, 3.05) is 4.72 Å². The number of nitrogens with zero attached hydrogens (tertiary/aromatic N) is 2. The molecule has 0 bridgehead atoms. The molecule has 1 N–H and O–H groups in total. The molecule has 0 aliphatic rings. The van der Waals surface area contributed by atoms with Crippen molar-refractivity contribution in [3.8, 4) is 0 Å². The third-order valence-electron chi connectivity index (χ3n) is 4.07. The van der Waals surface area contributed by atoms with E-state index in [0.717, 1.165) is 17.7 Å². The highest BCUT2D eigenvalue weighted by atomic mass is 35.5. The lowest BCUT2D eigenvalue weighted by molar-refractivity contribution is 0.599. The summed E-state index contributed by atoms with van der Waals surface area (Å²) >= 11 is 5.96. The molecule has 0 saturated heterocycles. The highest BCUT2D eigenvalue weighted by Gasteiger charge is 2.14. The van der Waals surface area contributed by atoms with Crippen LogP contribution in [0.4, 0.5) is 21.5 Å². The van der Waals surface area contributed by atoms with Gasteiger partial charge in [0, 0.05) is 16.4 Å². The molecule has 0 heterocycles. The number of benzene rings is 3. The van der Waals surface area contributed by atoms with Crippen LogP contribution in [-0.2, 0) is 10.0 Å². The molecule has 0 spiro atoms. The average molecular weight is 430 g/mol. The maximum atomic E-state index is 13.0. The predicted octanol–water partition coefficient (Wildman–Crippen LogP) is 5.75. The quantitative estimate of drug-likeness (QED) is 0.506. The molecule has 0 amide bonds. The van der Waals surface area contributed by atoms with Crippen LogP contribution in [0, 0.1) is 5.82 Å². The van der Waals surface area contributed by atoms with Crippen LogP contribution in [0.25, 0.3) is 0 Å². The molecule has 3 rings (SSSR count). The Hall–Kier alpha value is -3.03. The Morgan fingerprint density at radius 2 is 1.66 bits per heavy atom. The van der Waals surface area contributed by atoms with Crippen molar-refractivity contribution in [1.82, 2.24) is 0 Å². The van der Waals surface area contributed by atoms with Crippen LogP contribution in [0.5, 0.6) is 0 Å².